The molecule has 1 aromatic carbocycles. The van der Waals surface area contributed by atoms with E-state index in [4.69, 9.17) is 10.00 Å². The Hall–Kier alpha value is -1.67. The first kappa shape index (κ1) is 15.4. The molecular formula is C14H14BrNO3. The molecule has 0 saturated heterocycles. The average molecular weight is 324 g/mol. The van der Waals surface area contributed by atoms with Crippen molar-refractivity contribution in [3.8, 4) is 6.07 Å². The molecule has 0 spiro atoms. The molecule has 0 bridgehead atoms. The van der Waals surface area contributed by atoms with Gasteiger partial charge in [-0.2, -0.15) is 5.26 Å². The molecule has 100 valence electrons. The zero-order chi connectivity index (χ0) is 14.4. The third-order valence-corrected chi connectivity index (χ3v) is 3.72. The normalized spacial score (nSPS) is 11.5. The van der Waals surface area contributed by atoms with Crippen LogP contribution in [0.5, 0.6) is 0 Å². The number of alkyl halides is 1. The highest BCUT2D eigenvalue weighted by molar-refractivity contribution is 9.09. The molecule has 5 heteroatoms. The first-order chi connectivity index (χ1) is 9.01. The fourth-order valence-corrected chi connectivity index (χ4v) is 1.91. The van der Waals surface area contributed by atoms with E-state index in [0.717, 1.165) is 0 Å². The van der Waals surface area contributed by atoms with Gasteiger partial charge in [-0.15, -0.1) is 0 Å². The number of hydrogen-bond acceptors (Lipinski definition) is 4. The van der Waals surface area contributed by atoms with Crippen molar-refractivity contribution in [3.63, 3.8) is 0 Å². The zero-order valence-corrected chi connectivity index (χ0v) is 12.4. The minimum Gasteiger partial charge on any atom is -0.462 e. The van der Waals surface area contributed by atoms with E-state index >= 15 is 0 Å². The SMILES string of the molecule is CCOC(=O)c1cc(C(Br)C(C)=O)ccc1CC#N. The number of nitrogens with zero attached hydrogens (tertiary/aromatic N) is 1. The van der Waals surface area contributed by atoms with Gasteiger partial charge in [-0.3, -0.25) is 4.79 Å². The Balaban J connectivity index is 3.22. The van der Waals surface area contributed by atoms with Crippen LogP contribution in [0, 0.1) is 11.3 Å². The summed E-state index contributed by atoms with van der Waals surface area (Å²) in [5.41, 5.74) is 1.62. The first-order valence-corrected chi connectivity index (χ1v) is 6.74. The Labute approximate surface area is 120 Å². The lowest BCUT2D eigenvalue weighted by molar-refractivity contribution is -0.116. The van der Waals surface area contributed by atoms with E-state index in [1.807, 2.05) is 6.07 Å². The fraction of sp³-hybridized carbons (Fsp3) is 0.357. The highest BCUT2D eigenvalue weighted by atomic mass is 79.9. The molecular weight excluding hydrogens is 310 g/mol. The number of ketones is 1. The quantitative estimate of drug-likeness (QED) is 0.617. The summed E-state index contributed by atoms with van der Waals surface area (Å²) in [6.45, 7) is 3.45. The average Bonchev–Trinajstić information content (AvgIpc) is 2.38. The lowest BCUT2D eigenvalue weighted by Gasteiger charge is -2.11. The van der Waals surface area contributed by atoms with E-state index < -0.39 is 10.8 Å². The lowest BCUT2D eigenvalue weighted by atomic mass is 9.99. The van der Waals surface area contributed by atoms with E-state index in [1.54, 1.807) is 25.1 Å². The summed E-state index contributed by atoms with van der Waals surface area (Å²) < 4.78 is 4.96. The second-order valence-corrected chi connectivity index (χ2v) is 4.86. The van der Waals surface area contributed by atoms with Crippen molar-refractivity contribution in [2.75, 3.05) is 6.61 Å². The van der Waals surface area contributed by atoms with E-state index in [0.29, 0.717) is 16.7 Å². The van der Waals surface area contributed by atoms with E-state index in [1.165, 1.54) is 6.92 Å². The highest BCUT2D eigenvalue weighted by Gasteiger charge is 2.18. The number of hydrogen-bond donors (Lipinski definition) is 0. The molecule has 0 aliphatic heterocycles. The monoisotopic (exact) mass is 323 g/mol. The summed E-state index contributed by atoms with van der Waals surface area (Å²) in [6, 6.07) is 7.02. The highest BCUT2D eigenvalue weighted by Crippen LogP contribution is 2.26. The summed E-state index contributed by atoms with van der Waals surface area (Å²) in [5, 5.41) is 8.76. The number of ether oxygens (including phenoxy) is 1. The van der Waals surface area contributed by atoms with Crippen LogP contribution >= 0.6 is 15.9 Å². The Morgan fingerprint density at radius 3 is 2.68 bits per heavy atom. The van der Waals surface area contributed by atoms with Crippen LogP contribution < -0.4 is 0 Å². The maximum atomic E-state index is 11.9. The number of esters is 1. The second kappa shape index (κ2) is 7.05. The fourth-order valence-electron chi connectivity index (χ4n) is 1.62. The van der Waals surface area contributed by atoms with E-state index in [2.05, 4.69) is 15.9 Å². The van der Waals surface area contributed by atoms with Crippen LogP contribution in [-0.4, -0.2) is 18.4 Å². The van der Waals surface area contributed by atoms with Crippen LogP contribution in [0.15, 0.2) is 18.2 Å². The van der Waals surface area contributed by atoms with Crippen molar-refractivity contribution in [2.24, 2.45) is 0 Å². The Bertz CT molecular complexity index is 534. The van der Waals surface area contributed by atoms with Gasteiger partial charge in [0, 0.05) is 0 Å². The predicted molar refractivity (Wildman–Crippen MR) is 74.1 cm³/mol. The molecule has 0 radical (unpaired) electrons. The van der Waals surface area contributed by atoms with E-state index in [-0.39, 0.29) is 18.8 Å². The van der Waals surface area contributed by atoms with Gasteiger partial charge in [-0.1, -0.05) is 28.1 Å². The van der Waals surface area contributed by atoms with Crippen LogP contribution in [0.4, 0.5) is 0 Å². The lowest BCUT2D eigenvalue weighted by Crippen LogP contribution is -2.10. The maximum absolute atomic E-state index is 11.9. The van der Waals surface area contributed by atoms with Crippen LogP contribution in [0.2, 0.25) is 0 Å². The van der Waals surface area contributed by atoms with Gasteiger partial charge in [0.2, 0.25) is 0 Å². The van der Waals surface area contributed by atoms with Gasteiger partial charge in [0.15, 0.2) is 0 Å². The van der Waals surface area contributed by atoms with Crippen molar-refractivity contribution in [2.45, 2.75) is 25.1 Å². The molecule has 0 heterocycles. The number of nitriles is 1. The van der Waals surface area contributed by atoms with Crippen molar-refractivity contribution in [1.82, 2.24) is 0 Å². The van der Waals surface area contributed by atoms with Gasteiger partial charge in [-0.05, 0) is 31.0 Å². The molecule has 0 aromatic heterocycles. The van der Waals surface area contributed by atoms with Crippen molar-refractivity contribution in [3.05, 3.63) is 34.9 Å². The Morgan fingerprint density at radius 2 is 2.16 bits per heavy atom. The molecule has 19 heavy (non-hydrogen) atoms. The molecule has 0 aliphatic carbocycles. The van der Waals surface area contributed by atoms with Gasteiger partial charge in [0.25, 0.3) is 0 Å². The van der Waals surface area contributed by atoms with Crippen molar-refractivity contribution in [1.29, 1.82) is 5.26 Å². The van der Waals surface area contributed by atoms with Gasteiger partial charge < -0.3 is 4.74 Å². The summed E-state index contributed by atoms with van der Waals surface area (Å²) in [6.07, 6.45) is 0.126. The molecule has 1 aromatic rings. The van der Waals surface area contributed by atoms with Crippen molar-refractivity contribution < 1.29 is 14.3 Å². The van der Waals surface area contributed by atoms with Crippen LogP contribution in [0.25, 0.3) is 0 Å². The second-order valence-electron chi connectivity index (χ2n) is 3.95. The minimum atomic E-state index is -0.474. The number of carbonyl (C=O) groups is 2. The van der Waals surface area contributed by atoms with E-state index in [9.17, 15) is 9.59 Å². The number of carbonyl (C=O) groups excluding carboxylic acids is 2. The largest absolute Gasteiger partial charge is 0.462 e. The third-order valence-electron chi connectivity index (χ3n) is 2.55. The summed E-state index contributed by atoms with van der Waals surface area (Å²) in [5.74, 6) is -0.527. The molecule has 0 N–H and O–H groups in total. The molecule has 0 aliphatic rings. The predicted octanol–water partition coefficient (Wildman–Crippen LogP) is 2.95. The van der Waals surface area contributed by atoms with Crippen LogP contribution in [0.1, 0.15) is 40.2 Å². The number of benzene rings is 1. The molecule has 1 atom stereocenters. The standard InChI is InChI=1S/C14H14BrNO3/c1-3-19-14(18)12-8-11(13(15)9(2)17)5-4-10(12)6-7-16/h4-5,8,13H,3,6H2,1-2H3. The maximum Gasteiger partial charge on any atom is 0.338 e. The van der Waals surface area contributed by atoms with Crippen LogP contribution in [0.3, 0.4) is 0 Å². The van der Waals surface area contributed by atoms with Gasteiger partial charge in [0.05, 0.1) is 29.5 Å². The molecule has 1 rings (SSSR count). The summed E-state index contributed by atoms with van der Waals surface area (Å²) in [7, 11) is 0. The van der Waals surface area contributed by atoms with Gasteiger partial charge in [0.1, 0.15) is 5.78 Å². The summed E-state index contributed by atoms with van der Waals surface area (Å²) in [4.78, 5) is 22.7. The first-order valence-electron chi connectivity index (χ1n) is 5.82. The molecule has 0 saturated carbocycles. The third kappa shape index (κ3) is 3.90. The van der Waals surface area contributed by atoms with Gasteiger partial charge >= 0.3 is 5.97 Å². The Morgan fingerprint density at radius 1 is 1.47 bits per heavy atom. The number of Topliss-reactive ketones (excluding diaryl/α,β-unsaturated/α-hetero) is 1. The minimum absolute atomic E-state index is 0.0529. The summed E-state index contributed by atoms with van der Waals surface area (Å²) >= 11 is 3.27. The van der Waals surface area contributed by atoms with Gasteiger partial charge in [-0.25, -0.2) is 4.79 Å². The Kier molecular flexibility index (Phi) is 5.71. The molecule has 4 nitrogen and oxygen atoms in total. The van der Waals surface area contributed by atoms with Crippen molar-refractivity contribution >= 4 is 27.7 Å². The molecule has 0 amide bonds. The number of halogens is 1. The van der Waals surface area contributed by atoms with Crippen LogP contribution in [-0.2, 0) is 16.0 Å². The number of rotatable bonds is 5. The topological polar surface area (TPSA) is 67.2 Å². The smallest absolute Gasteiger partial charge is 0.338 e. The molecule has 0 fully saturated rings. The molecule has 1 unspecified atom stereocenters. The zero-order valence-electron chi connectivity index (χ0n) is 10.8.